The van der Waals surface area contributed by atoms with Gasteiger partial charge < -0.3 is 16.4 Å². The molecular formula is H15Ga3O3. The maximum absolute atomic E-state index is 0. The van der Waals surface area contributed by atoms with Crippen molar-refractivity contribution in [3.05, 3.63) is 0 Å². The van der Waals surface area contributed by atoms with Crippen molar-refractivity contribution in [1.29, 1.82) is 0 Å². The molecule has 0 bridgehead atoms. The molecular weight excluding hydrogens is 257 g/mol. The van der Waals surface area contributed by atoms with Crippen LogP contribution < -0.4 is 0 Å². The normalized spacial score (nSPS) is 0. The summed E-state index contributed by atoms with van der Waals surface area (Å²) < 4.78 is 0. The van der Waals surface area contributed by atoms with Crippen molar-refractivity contribution in [3.8, 4) is 0 Å². The summed E-state index contributed by atoms with van der Waals surface area (Å²) in [5.74, 6) is 0. The van der Waals surface area contributed by atoms with Crippen molar-refractivity contribution < 1.29 is 16.4 Å². The van der Waals surface area contributed by atoms with E-state index in [1.54, 1.807) is 0 Å². The van der Waals surface area contributed by atoms with Crippen molar-refractivity contribution in [2.75, 3.05) is 0 Å². The second-order valence-electron chi connectivity index (χ2n) is 0. The molecule has 0 heterocycles. The van der Waals surface area contributed by atoms with E-state index in [1.165, 1.54) is 0 Å². The van der Waals surface area contributed by atoms with Crippen molar-refractivity contribution in [1.82, 2.24) is 0 Å². The third-order valence-corrected chi connectivity index (χ3v) is 0. The van der Waals surface area contributed by atoms with E-state index in [0.29, 0.717) is 0 Å². The van der Waals surface area contributed by atoms with Gasteiger partial charge in [0.05, 0.1) is 0 Å². The number of rotatable bonds is 0. The Morgan fingerprint density at radius 3 is 0.333 bits per heavy atom. The molecule has 0 aromatic heterocycles. The van der Waals surface area contributed by atoms with E-state index < -0.39 is 0 Å². The van der Waals surface area contributed by atoms with Crippen LogP contribution in [0.4, 0.5) is 0 Å². The summed E-state index contributed by atoms with van der Waals surface area (Å²) in [6.45, 7) is 0. The molecule has 0 rings (SSSR count). The van der Waals surface area contributed by atoms with Crippen LogP contribution in [0.2, 0.25) is 0 Å². The summed E-state index contributed by atoms with van der Waals surface area (Å²) >= 11 is 0. The molecule has 6 heteroatoms. The van der Waals surface area contributed by atoms with Crippen LogP contribution in [0, 0.1) is 0 Å². The van der Waals surface area contributed by atoms with Crippen LogP contribution in [0.1, 0.15) is 0 Å². The number of hydrogen-bond donors (Lipinski definition) is 0. The third kappa shape index (κ3) is 41.5. The van der Waals surface area contributed by atoms with Crippen LogP contribution in [-0.4, -0.2) is 75.8 Å². The topological polar surface area (TPSA) is 94.5 Å². The standard InChI is InChI=1S/3Ga.3H2O.9H/h;;;3*1H2;;;;;;;;;. The first-order valence-corrected chi connectivity index (χ1v) is 0. The Hall–Kier alpha value is 1.79. The molecule has 0 aromatic rings. The summed E-state index contributed by atoms with van der Waals surface area (Å²) in [5.41, 5.74) is 0. The SMILES string of the molecule is O.O.O.[GaH3].[GaH3].[GaH3]. The zero-order valence-electron chi connectivity index (χ0n) is 1.50. The van der Waals surface area contributed by atoms with Gasteiger partial charge in [0, 0.05) is 0 Å². The summed E-state index contributed by atoms with van der Waals surface area (Å²) in [6, 6.07) is 0. The van der Waals surface area contributed by atoms with Crippen LogP contribution in [0.5, 0.6) is 0 Å². The van der Waals surface area contributed by atoms with Crippen LogP contribution in [0.25, 0.3) is 0 Å². The van der Waals surface area contributed by atoms with Gasteiger partial charge in [0.25, 0.3) is 0 Å². The molecule has 0 unspecified atom stereocenters. The van der Waals surface area contributed by atoms with Crippen LogP contribution in [0.3, 0.4) is 0 Å². The van der Waals surface area contributed by atoms with E-state index in [0.717, 1.165) is 0 Å². The Balaban J connectivity index is 0. The monoisotopic (exact) mass is 270 g/mol. The zero-order valence-corrected chi connectivity index (χ0v) is 1.50. The molecule has 0 aliphatic rings. The summed E-state index contributed by atoms with van der Waals surface area (Å²) in [5, 5.41) is 0. The first kappa shape index (κ1) is 112. The van der Waals surface area contributed by atoms with Gasteiger partial charge in [-0.05, 0) is 0 Å². The van der Waals surface area contributed by atoms with Gasteiger partial charge in [0.2, 0.25) is 0 Å². The van der Waals surface area contributed by atoms with E-state index in [4.69, 9.17) is 0 Å². The summed E-state index contributed by atoms with van der Waals surface area (Å²) in [4.78, 5) is 0. The second-order valence-corrected chi connectivity index (χ2v) is 0. The average molecular weight is 272 g/mol. The van der Waals surface area contributed by atoms with Gasteiger partial charge in [0.1, 0.15) is 0 Å². The van der Waals surface area contributed by atoms with Crippen molar-refractivity contribution in [3.63, 3.8) is 0 Å². The molecule has 0 atom stereocenters. The summed E-state index contributed by atoms with van der Waals surface area (Å²) in [6.07, 6.45) is 0. The van der Waals surface area contributed by atoms with E-state index in [9.17, 15) is 0 Å². The first-order valence-electron chi connectivity index (χ1n) is 0. The molecule has 0 radical (unpaired) electrons. The predicted octanol–water partition coefficient (Wildman–Crippen LogP) is -6.03. The first-order chi connectivity index (χ1) is 0. The fourth-order valence-corrected chi connectivity index (χ4v) is 0. The van der Waals surface area contributed by atoms with Gasteiger partial charge in [-0.15, -0.1) is 0 Å². The molecule has 42 valence electrons. The van der Waals surface area contributed by atoms with Crippen molar-refractivity contribution >= 4 is 59.4 Å². The Morgan fingerprint density at radius 2 is 0.333 bits per heavy atom. The zero-order chi connectivity index (χ0) is 0. The Morgan fingerprint density at radius 1 is 0.333 bits per heavy atom. The Kier molecular flexibility index (Phi) is 1330. The molecule has 0 saturated carbocycles. The van der Waals surface area contributed by atoms with Gasteiger partial charge >= 0.3 is 59.4 Å². The van der Waals surface area contributed by atoms with E-state index in [1.807, 2.05) is 0 Å². The minimum absolute atomic E-state index is 0. The van der Waals surface area contributed by atoms with Gasteiger partial charge in [0.15, 0.2) is 0 Å². The maximum atomic E-state index is 0. The van der Waals surface area contributed by atoms with Gasteiger partial charge in [-0.1, -0.05) is 0 Å². The molecule has 6 N–H and O–H groups in total. The number of hydrogen-bond acceptors (Lipinski definition) is 0. The molecule has 0 aromatic carbocycles. The average Bonchev–Trinajstić information content (AvgIpc) is 0. The summed E-state index contributed by atoms with van der Waals surface area (Å²) in [7, 11) is 0. The van der Waals surface area contributed by atoms with E-state index in [2.05, 4.69) is 0 Å². The second kappa shape index (κ2) is 71.1. The van der Waals surface area contributed by atoms with Gasteiger partial charge in [-0.25, -0.2) is 0 Å². The van der Waals surface area contributed by atoms with Crippen LogP contribution in [-0.2, 0) is 0 Å². The Bertz CT molecular complexity index is 6.00. The molecule has 0 spiro atoms. The predicted molar refractivity (Wildman–Crippen MR) is 40.7 cm³/mol. The van der Waals surface area contributed by atoms with Gasteiger partial charge in [-0.2, -0.15) is 0 Å². The van der Waals surface area contributed by atoms with Crippen molar-refractivity contribution in [2.24, 2.45) is 0 Å². The molecule has 0 aliphatic carbocycles. The molecule has 0 saturated heterocycles. The Labute approximate surface area is 75.3 Å². The fraction of sp³-hybridized carbons (Fsp3) is 0. The van der Waals surface area contributed by atoms with Crippen molar-refractivity contribution in [2.45, 2.75) is 0 Å². The molecule has 3 nitrogen and oxygen atoms in total. The molecule has 0 amide bonds. The molecule has 0 fully saturated rings. The third-order valence-electron chi connectivity index (χ3n) is 0. The quantitative estimate of drug-likeness (QED) is 0.393. The van der Waals surface area contributed by atoms with Gasteiger partial charge in [-0.3, -0.25) is 0 Å². The molecule has 6 heavy (non-hydrogen) atoms. The fourth-order valence-electron chi connectivity index (χ4n) is 0. The van der Waals surface area contributed by atoms with E-state index >= 15 is 0 Å². The minimum atomic E-state index is 0. The molecule has 0 aliphatic heterocycles. The van der Waals surface area contributed by atoms with E-state index in [-0.39, 0.29) is 75.8 Å². The van der Waals surface area contributed by atoms with Crippen LogP contribution in [0.15, 0.2) is 0 Å². The van der Waals surface area contributed by atoms with Crippen LogP contribution >= 0.6 is 0 Å².